The molecule has 4 fully saturated rings. The van der Waals surface area contributed by atoms with E-state index in [2.05, 4.69) is 4.98 Å². The molecule has 30 heavy (non-hydrogen) atoms. The molecule has 0 bridgehead atoms. The van der Waals surface area contributed by atoms with E-state index in [9.17, 15) is 14.4 Å². The van der Waals surface area contributed by atoms with Gasteiger partial charge in [-0.15, -0.1) is 0 Å². The van der Waals surface area contributed by atoms with Crippen LogP contribution in [0.1, 0.15) is 43.7 Å². The Morgan fingerprint density at radius 3 is 2.27 bits per heavy atom. The first kappa shape index (κ1) is 19.5. The van der Waals surface area contributed by atoms with Gasteiger partial charge in [-0.3, -0.25) is 19.4 Å². The van der Waals surface area contributed by atoms with Crippen molar-refractivity contribution in [2.45, 2.75) is 50.3 Å². The molecule has 1 aromatic rings. The number of nitrogens with zero attached hydrogens (tertiary/aromatic N) is 4. The number of piperazine rings is 1. The maximum absolute atomic E-state index is 13.4. The van der Waals surface area contributed by atoms with E-state index in [0.717, 1.165) is 37.7 Å². The smallest absolute Gasteiger partial charge is 0.254 e. The molecule has 8 heteroatoms. The predicted octanol–water partition coefficient (Wildman–Crippen LogP) is 0.983. The molecule has 3 amide bonds. The van der Waals surface area contributed by atoms with E-state index in [1.54, 1.807) is 17.3 Å². The Balaban J connectivity index is 1.31. The number of hydrogen-bond donors (Lipinski definition) is 0. The molecule has 0 spiro atoms. The van der Waals surface area contributed by atoms with Crippen LogP contribution >= 0.6 is 0 Å². The second kappa shape index (κ2) is 7.98. The molecule has 2 saturated carbocycles. The highest BCUT2D eigenvalue weighted by Gasteiger charge is 2.48. The van der Waals surface area contributed by atoms with E-state index >= 15 is 0 Å². The van der Waals surface area contributed by atoms with Crippen molar-refractivity contribution in [1.82, 2.24) is 19.7 Å². The number of carbonyl (C=O) groups is 3. The lowest BCUT2D eigenvalue weighted by atomic mass is 9.84. The third-order valence-corrected chi connectivity index (χ3v) is 6.83. The summed E-state index contributed by atoms with van der Waals surface area (Å²) < 4.78 is 5.83. The molecular formula is C22H28N4O4. The molecule has 0 unspecified atom stereocenters. The summed E-state index contributed by atoms with van der Waals surface area (Å²) in [4.78, 5) is 48.3. The van der Waals surface area contributed by atoms with Crippen molar-refractivity contribution in [2.24, 2.45) is 5.92 Å². The largest absolute Gasteiger partial charge is 0.356 e. The number of hydrogen-bond acceptors (Lipinski definition) is 5. The molecule has 4 aliphatic rings. The maximum Gasteiger partial charge on any atom is 0.254 e. The normalized spacial score (nSPS) is 27.7. The highest BCUT2D eigenvalue weighted by molar-refractivity contribution is 5.87. The van der Waals surface area contributed by atoms with Crippen molar-refractivity contribution >= 4 is 17.7 Å². The monoisotopic (exact) mass is 412 g/mol. The highest BCUT2D eigenvalue weighted by atomic mass is 16.5. The van der Waals surface area contributed by atoms with Crippen LogP contribution in [-0.4, -0.2) is 82.3 Å². The summed E-state index contributed by atoms with van der Waals surface area (Å²) >= 11 is 0. The van der Waals surface area contributed by atoms with Crippen LogP contribution in [0.5, 0.6) is 0 Å². The van der Waals surface area contributed by atoms with Crippen molar-refractivity contribution in [2.75, 3.05) is 32.8 Å². The summed E-state index contributed by atoms with van der Waals surface area (Å²) in [5.74, 6) is 0.257. The Morgan fingerprint density at radius 2 is 1.70 bits per heavy atom. The molecule has 1 aromatic heterocycles. The number of carbonyl (C=O) groups excluding carboxylic acids is 3. The summed E-state index contributed by atoms with van der Waals surface area (Å²) in [7, 11) is 0. The van der Waals surface area contributed by atoms with Gasteiger partial charge < -0.3 is 19.4 Å². The topological polar surface area (TPSA) is 83.1 Å². The van der Waals surface area contributed by atoms with Crippen molar-refractivity contribution in [3.05, 3.63) is 30.1 Å². The Hall–Kier alpha value is -2.48. The molecule has 8 nitrogen and oxygen atoms in total. The lowest BCUT2D eigenvalue weighted by Gasteiger charge is -2.44. The van der Waals surface area contributed by atoms with Gasteiger partial charge in [0.15, 0.2) is 6.10 Å². The Bertz CT molecular complexity index is 816. The molecule has 0 aromatic carbocycles. The van der Waals surface area contributed by atoms with E-state index in [0.29, 0.717) is 26.2 Å². The lowest BCUT2D eigenvalue weighted by molar-refractivity contribution is -0.171. The minimum atomic E-state index is -0.735. The number of morpholine rings is 1. The quantitative estimate of drug-likeness (QED) is 0.736. The van der Waals surface area contributed by atoms with Crippen molar-refractivity contribution < 1.29 is 19.1 Å². The van der Waals surface area contributed by atoms with Crippen LogP contribution in [0, 0.1) is 5.92 Å². The van der Waals surface area contributed by atoms with E-state index < -0.39 is 12.1 Å². The number of ether oxygens (including phenoxy) is 1. The summed E-state index contributed by atoms with van der Waals surface area (Å²) in [6.45, 7) is 2.08. The van der Waals surface area contributed by atoms with Gasteiger partial charge in [0.2, 0.25) is 11.8 Å². The molecule has 5 rings (SSSR count). The van der Waals surface area contributed by atoms with Gasteiger partial charge in [-0.05, 0) is 37.3 Å². The van der Waals surface area contributed by atoms with Gasteiger partial charge in [-0.25, -0.2) is 0 Å². The first-order valence-corrected chi connectivity index (χ1v) is 11.0. The van der Waals surface area contributed by atoms with Gasteiger partial charge >= 0.3 is 0 Å². The van der Waals surface area contributed by atoms with Gasteiger partial charge in [0, 0.05) is 50.5 Å². The average molecular weight is 412 g/mol. The fourth-order valence-corrected chi connectivity index (χ4v) is 4.74. The van der Waals surface area contributed by atoms with Gasteiger partial charge in [0.05, 0.1) is 6.04 Å². The molecule has 0 radical (unpaired) electrons. The van der Waals surface area contributed by atoms with Crippen LogP contribution in [0.25, 0.3) is 0 Å². The summed E-state index contributed by atoms with van der Waals surface area (Å²) in [5, 5.41) is 0. The van der Waals surface area contributed by atoms with E-state index in [1.807, 2.05) is 21.9 Å². The van der Waals surface area contributed by atoms with Crippen molar-refractivity contribution in [1.29, 1.82) is 0 Å². The molecule has 3 heterocycles. The highest BCUT2D eigenvalue weighted by Crippen LogP contribution is 2.40. The van der Waals surface area contributed by atoms with Crippen LogP contribution in [0.2, 0.25) is 0 Å². The van der Waals surface area contributed by atoms with Crippen LogP contribution in [0.4, 0.5) is 0 Å². The SMILES string of the molecule is O=C(C1CCC1)N1CCN(C(=O)[C@H]2OCC(=O)N(C3CC3)[C@@H]2c2cccnc2)CC1. The zero-order valence-corrected chi connectivity index (χ0v) is 17.1. The molecular weight excluding hydrogens is 384 g/mol. The van der Waals surface area contributed by atoms with Crippen molar-refractivity contribution in [3.8, 4) is 0 Å². The molecule has 2 aliphatic carbocycles. The maximum atomic E-state index is 13.4. The van der Waals surface area contributed by atoms with E-state index in [-0.39, 0.29) is 36.3 Å². The van der Waals surface area contributed by atoms with Gasteiger partial charge in [0.1, 0.15) is 6.61 Å². The van der Waals surface area contributed by atoms with Gasteiger partial charge in [-0.2, -0.15) is 0 Å². The standard InChI is InChI=1S/C22H28N4O4/c27-18-14-30-20(19(26(18)17-6-7-17)16-5-2-8-23-13-16)22(29)25-11-9-24(10-12-25)21(28)15-3-1-4-15/h2,5,8,13,15,17,19-20H,1,3-4,6-7,9-12,14H2/t19-,20+/m1/s1. The number of amides is 3. The fourth-order valence-electron chi connectivity index (χ4n) is 4.74. The second-order valence-corrected chi connectivity index (χ2v) is 8.77. The molecule has 160 valence electrons. The van der Waals surface area contributed by atoms with Gasteiger partial charge in [-0.1, -0.05) is 12.5 Å². The van der Waals surface area contributed by atoms with Crippen LogP contribution in [-0.2, 0) is 19.1 Å². The summed E-state index contributed by atoms with van der Waals surface area (Å²) in [6.07, 6.45) is 7.72. The third-order valence-electron chi connectivity index (χ3n) is 6.83. The number of rotatable bonds is 4. The Morgan fingerprint density at radius 1 is 1.00 bits per heavy atom. The van der Waals surface area contributed by atoms with Crippen LogP contribution < -0.4 is 0 Å². The number of aromatic nitrogens is 1. The minimum absolute atomic E-state index is 0.0636. The number of pyridine rings is 1. The Kier molecular flexibility index (Phi) is 5.18. The zero-order valence-electron chi connectivity index (χ0n) is 17.1. The first-order chi connectivity index (χ1) is 14.6. The molecule has 0 N–H and O–H groups in total. The zero-order chi connectivity index (χ0) is 20.7. The minimum Gasteiger partial charge on any atom is -0.356 e. The Labute approximate surface area is 176 Å². The van der Waals surface area contributed by atoms with Gasteiger partial charge in [0.25, 0.3) is 5.91 Å². The average Bonchev–Trinajstić information content (AvgIpc) is 3.57. The summed E-state index contributed by atoms with van der Waals surface area (Å²) in [6, 6.07) is 3.46. The van der Waals surface area contributed by atoms with Crippen molar-refractivity contribution in [3.63, 3.8) is 0 Å². The fraction of sp³-hybridized carbons (Fsp3) is 0.636. The van der Waals surface area contributed by atoms with Crippen LogP contribution in [0.3, 0.4) is 0 Å². The molecule has 2 aliphatic heterocycles. The molecule has 2 saturated heterocycles. The third kappa shape index (κ3) is 3.57. The second-order valence-electron chi connectivity index (χ2n) is 8.77. The summed E-state index contributed by atoms with van der Waals surface area (Å²) in [5.41, 5.74) is 0.828. The predicted molar refractivity (Wildman–Crippen MR) is 107 cm³/mol. The van der Waals surface area contributed by atoms with E-state index in [1.165, 1.54) is 0 Å². The molecule has 2 atom stereocenters. The van der Waals surface area contributed by atoms with Crippen LogP contribution in [0.15, 0.2) is 24.5 Å². The lowest BCUT2D eigenvalue weighted by Crippen LogP contribution is -2.59. The first-order valence-electron chi connectivity index (χ1n) is 11.0. The van der Waals surface area contributed by atoms with E-state index in [4.69, 9.17) is 4.74 Å².